The quantitative estimate of drug-likeness (QED) is 0.811. The molecule has 3 nitrogen and oxygen atoms in total. The van der Waals surface area contributed by atoms with Gasteiger partial charge in [-0.25, -0.2) is 4.98 Å². The van der Waals surface area contributed by atoms with Gasteiger partial charge in [0, 0.05) is 34.9 Å². The van der Waals surface area contributed by atoms with Crippen LogP contribution >= 0.6 is 11.8 Å². The van der Waals surface area contributed by atoms with E-state index >= 15 is 0 Å². The maximum atomic E-state index is 4.44. The lowest BCUT2D eigenvalue weighted by molar-refractivity contribution is 0.677. The van der Waals surface area contributed by atoms with Gasteiger partial charge < -0.3 is 10.3 Å². The minimum absolute atomic E-state index is 0.734. The molecule has 1 fully saturated rings. The van der Waals surface area contributed by atoms with Gasteiger partial charge in [-0.2, -0.15) is 0 Å². The second-order valence-electron chi connectivity index (χ2n) is 4.64. The lowest BCUT2D eigenvalue weighted by atomic mass is 10.2. The van der Waals surface area contributed by atoms with Crippen molar-refractivity contribution in [2.75, 3.05) is 6.26 Å². The number of aromatic amines is 1. The van der Waals surface area contributed by atoms with E-state index in [1.165, 1.54) is 17.7 Å². The van der Waals surface area contributed by atoms with E-state index in [2.05, 4.69) is 45.8 Å². The number of nitrogens with zero attached hydrogens (tertiary/aromatic N) is 1. The third kappa shape index (κ3) is 2.76. The van der Waals surface area contributed by atoms with Crippen molar-refractivity contribution in [1.82, 2.24) is 15.3 Å². The molecule has 3 rings (SSSR count). The van der Waals surface area contributed by atoms with E-state index in [-0.39, 0.29) is 0 Å². The molecule has 0 radical (unpaired) electrons. The summed E-state index contributed by atoms with van der Waals surface area (Å²) in [5, 5.41) is 3.48. The molecular weight excluding hydrogens is 242 g/mol. The average Bonchev–Trinajstić information content (AvgIpc) is 3.14. The van der Waals surface area contributed by atoms with E-state index in [1.54, 1.807) is 11.8 Å². The fourth-order valence-electron chi connectivity index (χ4n) is 1.89. The summed E-state index contributed by atoms with van der Waals surface area (Å²) in [6.07, 6.45) is 6.64. The van der Waals surface area contributed by atoms with E-state index in [1.807, 2.05) is 6.20 Å². The molecular formula is C14H17N3S. The molecule has 0 aliphatic heterocycles. The highest BCUT2D eigenvalue weighted by molar-refractivity contribution is 7.98. The van der Waals surface area contributed by atoms with Crippen LogP contribution in [0.2, 0.25) is 0 Å². The zero-order chi connectivity index (χ0) is 12.4. The SMILES string of the molecule is CSc1ccc(-c2ncc(CNC3CC3)[nH]2)cc1. The van der Waals surface area contributed by atoms with Gasteiger partial charge in [-0.15, -0.1) is 11.8 Å². The molecule has 2 aromatic rings. The van der Waals surface area contributed by atoms with Crippen molar-refractivity contribution >= 4 is 11.8 Å². The molecule has 1 aromatic carbocycles. The maximum Gasteiger partial charge on any atom is 0.137 e. The van der Waals surface area contributed by atoms with Gasteiger partial charge in [0.05, 0.1) is 0 Å². The first kappa shape index (κ1) is 11.8. The fraction of sp³-hybridized carbons (Fsp3) is 0.357. The summed E-state index contributed by atoms with van der Waals surface area (Å²) >= 11 is 1.76. The number of imidazole rings is 1. The van der Waals surface area contributed by atoms with Crippen molar-refractivity contribution in [3.8, 4) is 11.4 Å². The molecule has 0 unspecified atom stereocenters. The summed E-state index contributed by atoms with van der Waals surface area (Å²) < 4.78 is 0. The van der Waals surface area contributed by atoms with Crippen molar-refractivity contribution in [3.05, 3.63) is 36.2 Å². The lowest BCUT2D eigenvalue weighted by Gasteiger charge is -2.00. The molecule has 0 saturated heterocycles. The number of hydrogen-bond acceptors (Lipinski definition) is 3. The first-order valence-electron chi connectivity index (χ1n) is 6.27. The van der Waals surface area contributed by atoms with Gasteiger partial charge in [0.25, 0.3) is 0 Å². The van der Waals surface area contributed by atoms with Gasteiger partial charge in [-0.1, -0.05) is 12.1 Å². The molecule has 1 aliphatic rings. The predicted molar refractivity (Wildman–Crippen MR) is 75.7 cm³/mol. The van der Waals surface area contributed by atoms with Crippen LogP contribution in [0.25, 0.3) is 11.4 Å². The largest absolute Gasteiger partial charge is 0.341 e. The van der Waals surface area contributed by atoms with E-state index in [9.17, 15) is 0 Å². The molecule has 2 N–H and O–H groups in total. The summed E-state index contributed by atoms with van der Waals surface area (Å²) in [6, 6.07) is 9.22. The Balaban J connectivity index is 1.70. The normalized spacial score (nSPS) is 14.9. The second-order valence-corrected chi connectivity index (χ2v) is 5.52. The van der Waals surface area contributed by atoms with E-state index in [4.69, 9.17) is 0 Å². The molecule has 0 spiro atoms. The number of aromatic nitrogens is 2. The number of H-pyrrole nitrogens is 1. The minimum atomic E-state index is 0.734. The summed E-state index contributed by atoms with van der Waals surface area (Å²) in [4.78, 5) is 9.09. The van der Waals surface area contributed by atoms with Crippen molar-refractivity contribution in [1.29, 1.82) is 0 Å². The number of rotatable bonds is 5. The Morgan fingerprint density at radius 1 is 1.33 bits per heavy atom. The maximum absolute atomic E-state index is 4.44. The topological polar surface area (TPSA) is 40.7 Å². The van der Waals surface area contributed by atoms with Gasteiger partial charge in [0.1, 0.15) is 5.82 Å². The molecule has 1 saturated carbocycles. The van der Waals surface area contributed by atoms with Crippen LogP contribution in [0, 0.1) is 0 Å². The van der Waals surface area contributed by atoms with Gasteiger partial charge in [0.15, 0.2) is 0 Å². The van der Waals surface area contributed by atoms with Crippen LogP contribution in [0.1, 0.15) is 18.5 Å². The fourth-order valence-corrected chi connectivity index (χ4v) is 2.29. The summed E-state index contributed by atoms with van der Waals surface area (Å²) in [7, 11) is 0. The van der Waals surface area contributed by atoms with Crippen molar-refractivity contribution in [2.24, 2.45) is 0 Å². The lowest BCUT2D eigenvalue weighted by Crippen LogP contribution is -2.15. The molecule has 18 heavy (non-hydrogen) atoms. The second kappa shape index (κ2) is 5.16. The third-order valence-corrected chi connectivity index (χ3v) is 3.89. The summed E-state index contributed by atoms with van der Waals surface area (Å²) in [5.74, 6) is 0.954. The number of nitrogens with one attached hydrogen (secondary N) is 2. The number of benzene rings is 1. The molecule has 1 aliphatic carbocycles. The van der Waals surface area contributed by atoms with E-state index < -0.39 is 0 Å². The van der Waals surface area contributed by atoms with Crippen LogP contribution in [0.5, 0.6) is 0 Å². The van der Waals surface area contributed by atoms with Crippen molar-refractivity contribution in [3.63, 3.8) is 0 Å². The van der Waals surface area contributed by atoms with Crippen LogP contribution in [-0.4, -0.2) is 22.3 Å². The van der Waals surface area contributed by atoms with Crippen LogP contribution in [0.15, 0.2) is 35.4 Å². The predicted octanol–water partition coefficient (Wildman–Crippen LogP) is 3.05. The van der Waals surface area contributed by atoms with Crippen molar-refractivity contribution in [2.45, 2.75) is 30.3 Å². The number of thioether (sulfide) groups is 1. The van der Waals surface area contributed by atoms with Gasteiger partial charge in [-0.3, -0.25) is 0 Å². The zero-order valence-corrected chi connectivity index (χ0v) is 11.3. The zero-order valence-electron chi connectivity index (χ0n) is 10.4. The Morgan fingerprint density at radius 3 is 2.78 bits per heavy atom. The molecule has 1 heterocycles. The molecule has 0 bridgehead atoms. The first-order valence-corrected chi connectivity index (χ1v) is 7.49. The molecule has 1 aromatic heterocycles. The van der Waals surface area contributed by atoms with E-state index in [0.717, 1.165) is 29.7 Å². The van der Waals surface area contributed by atoms with E-state index in [0.29, 0.717) is 0 Å². The number of hydrogen-bond donors (Lipinski definition) is 2. The average molecular weight is 259 g/mol. The molecule has 0 amide bonds. The highest BCUT2D eigenvalue weighted by atomic mass is 32.2. The first-order chi connectivity index (χ1) is 8.85. The Morgan fingerprint density at radius 2 is 2.11 bits per heavy atom. The highest BCUT2D eigenvalue weighted by Crippen LogP contribution is 2.22. The smallest absolute Gasteiger partial charge is 0.137 e. The van der Waals surface area contributed by atoms with Gasteiger partial charge in [-0.05, 0) is 31.2 Å². The Bertz CT molecular complexity index is 514. The van der Waals surface area contributed by atoms with Gasteiger partial charge in [0.2, 0.25) is 0 Å². The molecule has 4 heteroatoms. The standard InChI is InChI=1S/C14H17N3S/c1-18-13-6-2-10(3-7-13)14-16-9-12(17-14)8-15-11-4-5-11/h2-3,6-7,9,11,15H,4-5,8H2,1H3,(H,16,17). The molecule has 0 atom stereocenters. The van der Waals surface area contributed by atoms with Crippen LogP contribution in [0.3, 0.4) is 0 Å². The third-order valence-electron chi connectivity index (χ3n) is 3.15. The molecule has 94 valence electrons. The van der Waals surface area contributed by atoms with Crippen LogP contribution in [0.4, 0.5) is 0 Å². The Kier molecular flexibility index (Phi) is 3.39. The van der Waals surface area contributed by atoms with Crippen molar-refractivity contribution < 1.29 is 0 Å². The Labute approximate surface area is 111 Å². The monoisotopic (exact) mass is 259 g/mol. The summed E-state index contributed by atoms with van der Waals surface area (Å²) in [6.45, 7) is 0.889. The summed E-state index contributed by atoms with van der Waals surface area (Å²) in [5.41, 5.74) is 2.30. The minimum Gasteiger partial charge on any atom is -0.341 e. The Hall–Kier alpha value is -1.26. The highest BCUT2D eigenvalue weighted by Gasteiger charge is 2.20. The van der Waals surface area contributed by atoms with Crippen LogP contribution in [-0.2, 0) is 6.54 Å². The van der Waals surface area contributed by atoms with Crippen LogP contribution < -0.4 is 5.32 Å². The van der Waals surface area contributed by atoms with Gasteiger partial charge >= 0.3 is 0 Å².